The number of rotatable bonds is 4. The molecule has 0 amide bonds. The highest BCUT2D eigenvalue weighted by atomic mass is 19.1. The maximum Gasteiger partial charge on any atom is 0.128 e. The molecular formula is C15H15F2NO. The predicted molar refractivity (Wildman–Crippen MR) is 70.0 cm³/mol. The first kappa shape index (κ1) is 13.5. The van der Waals surface area contributed by atoms with E-state index in [2.05, 4.69) is 0 Å². The molecule has 0 aliphatic rings. The number of hydrogen-bond donors (Lipinski definition) is 1. The third kappa shape index (κ3) is 3.29. The monoisotopic (exact) mass is 263 g/mol. The summed E-state index contributed by atoms with van der Waals surface area (Å²) in [5, 5.41) is 0. The summed E-state index contributed by atoms with van der Waals surface area (Å²) < 4.78 is 32.1. The molecule has 2 aromatic rings. The third-order valence-electron chi connectivity index (χ3n) is 2.87. The second kappa shape index (κ2) is 5.80. The molecule has 0 saturated heterocycles. The number of halogens is 2. The molecule has 2 rings (SSSR count). The third-order valence-corrected chi connectivity index (χ3v) is 2.87. The molecule has 4 heteroatoms. The fraction of sp³-hybridized carbons (Fsp3) is 0.200. The Hall–Kier alpha value is -1.94. The zero-order chi connectivity index (χ0) is 13.8. The molecule has 0 fully saturated rings. The number of hydrogen-bond acceptors (Lipinski definition) is 2. The fourth-order valence-electron chi connectivity index (χ4n) is 1.77. The van der Waals surface area contributed by atoms with E-state index in [-0.39, 0.29) is 18.2 Å². The minimum Gasteiger partial charge on any atom is -0.491 e. The van der Waals surface area contributed by atoms with Crippen LogP contribution in [0.15, 0.2) is 42.5 Å². The van der Waals surface area contributed by atoms with Gasteiger partial charge >= 0.3 is 0 Å². The first-order chi connectivity index (χ1) is 9.08. The normalized spacial score (nSPS) is 12.2. The van der Waals surface area contributed by atoms with Crippen molar-refractivity contribution in [2.75, 3.05) is 6.61 Å². The molecule has 2 N–H and O–H groups in total. The second-order valence-electron chi connectivity index (χ2n) is 4.35. The Labute approximate surface area is 110 Å². The van der Waals surface area contributed by atoms with Crippen LogP contribution in [0.25, 0.3) is 0 Å². The molecule has 0 heterocycles. The van der Waals surface area contributed by atoms with E-state index in [0.717, 1.165) is 5.56 Å². The average Bonchev–Trinajstić information content (AvgIpc) is 2.40. The van der Waals surface area contributed by atoms with Gasteiger partial charge in [-0.1, -0.05) is 24.3 Å². The Balaban J connectivity index is 2.06. The molecule has 2 aromatic carbocycles. The van der Waals surface area contributed by atoms with Crippen molar-refractivity contribution in [1.82, 2.24) is 0 Å². The van der Waals surface area contributed by atoms with Crippen molar-refractivity contribution in [1.29, 1.82) is 0 Å². The molecule has 0 saturated carbocycles. The summed E-state index contributed by atoms with van der Waals surface area (Å²) in [5.74, 6) is -0.318. The summed E-state index contributed by atoms with van der Waals surface area (Å²) >= 11 is 0. The predicted octanol–water partition coefficient (Wildman–Crippen LogP) is 3.35. The van der Waals surface area contributed by atoms with Crippen LogP contribution in [0.1, 0.15) is 17.2 Å². The van der Waals surface area contributed by atoms with Gasteiger partial charge in [0.1, 0.15) is 24.0 Å². The van der Waals surface area contributed by atoms with Gasteiger partial charge < -0.3 is 10.5 Å². The van der Waals surface area contributed by atoms with Gasteiger partial charge in [0, 0.05) is 11.6 Å². The van der Waals surface area contributed by atoms with Crippen LogP contribution in [-0.2, 0) is 0 Å². The van der Waals surface area contributed by atoms with E-state index >= 15 is 0 Å². The van der Waals surface area contributed by atoms with E-state index in [1.807, 2.05) is 6.92 Å². The van der Waals surface area contributed by atoms with Crippen LogP contribution in [0.3, 0.4) is 0 Å². The van der Waals surface area contributed by atoms with Gasteiger partial charge in [0.05, 0.1) is 6.04 Å². The molecule has 2 nitrogen and oxygen atoms in total. The van der Waals surface area contributed by atoms with E-state index in [9.17, 15) is 8.78 Å². The van der Waals surface area contributed by atoms with E-state index in [1.54, 1.807) is 24.3 Å². The van der Waals surface area contributed by atoms with E-state index in [4.69, 9.17) is 10.5 Å². The first-order valence-corrected chi connectivity index (χ1v) is 5.97. The lowest BCUT2D eigenvalue weighted by Crippen LogP contribution is -2.20. The lowest BCUT2D eigenvalue weighted by molar-refractivity contribution is 0.284. The Morgan fingerprint density at radius 1 is 1.16 bits per heavy atom. The summed E-state index contributed by atoms with van der Waals surface area (Å²) in [4.78, 5) is 0. The van der Waals surface area contributed by atoms with Crippen LogP contribution in [0.2, 0.25) is 0 Å². The molecule has 1 atom stereocenters. The van der Waals surface area contributed by atoms with Gasteiger partial charge in [-0.3, -0.25) is 0 Å². The Morgan fingerprint density at radius 2 is 1.89 bits per heavy atom. The molecule has 0 spiro atoms. The molecule has 0 radical (unpaired) electrons. The molecule has 100 valence electrons. The van der Waals surface area contributed by atoms with Gasteiger partial charge in [-0.2, -0.15) is 0 Å². The zero-order valence-corrected chi connectivity index (χ0v) is 10.6. The van der Waals surface area contributed by atoms with Crippen molar-refractivity contribution in [3.63, 3.8) is 0 Å². The second-order valence-corrected chi connectivity index (χ2v) is 4.35. The number of ether oxygens (including phenoxy) is 1. The fourth-order valence-corrected chi connectivity index (χ4v) is 1.77. The number of nitrogens with two attached hydrogens (primary N) is 1. The highest BCUT2D eigenvalue weighted by Crippen LogP contribution is 2.21. The maximum absolute atomic E-state index is 13.5. The smallest absolute Gasteiger partial charge is 0.128 e. The Bertz CT molecular complexity index is 572. The van der Waals surface area contributed by atoms with Gasteiger partial charge in [0.15, 0.2) is 0 Å². The van der Waals surface area contributed by atoms with Crippen molar-refractivity contribution in [2.45, 2.75) is 13.0 Å². The molecular weight excluding hydrogens is 248 g/mol. The first-order valence-electron chi connectivity index (χ1n) is 5.97. The molecule has 0 bridgehead atoms. The van der Waals surface area contributed by atoms with Gasteiger partial charge in [-0.05, 0) is 24.6 Å². The molecule has 19 heavy (non-hydrogen) atoms. The SMILES string of the molecule is Cc1ccc(F)cc1OCC(N)c1ccccc1F. The average molecular weight is 263 g/mol. The minimum absolute atomic E-state index is 0.0885. The topological polar surface area (TPSA) is 35.2 Å². The van der Waals surface area contributed by atoms with Gasteiger partial charge in [0.25, 0.3) is 0 Å². The molecule has 1 unspecified atom stereocenters. The van der Waals surface area contributed by atoms with Crippen LogP contribution in [0.5, 0.6) is 5.75 Å². The number of benzene rings is 2. The standard InChI is InChI=1S/C15H15F2NO/c1-10-6-7-11(16)8-15(10)19-9-14(18)12-4-2-3-5-13(12)17/h2-8,14H,9,18H2,1H3. The van der Waals surface area contributed by atoms with E-state index in [1.165, 1.54) is 18.2 Å². The van der Waals surface area contributed by atoms with Crippen LogP contribution >= 0.6 is 0 Å². The van der Waals surface area contributed by atoms with Gasteiger partial charge in [-0.25, -0.2) is 8.78 Å². The summed E-state index contributed by atoms with van der Waals surface area (Å²) in [5.41, 5.74) is 7.07. The Morgan fingerprint density at radius 3 is 2.63 bits per heavy atom. The van der Waals surface area contributed by atoms with Gasteiger partial charge in [-0.15, -0.1) is 0 Å². The largest absolute Gasteiger partial charge is 0.491 e. The highest BCUT2D eigenvalue weighted by Gasteiger charge is 2.12. The molecule has 0 aliphatic heterocycles. The van der Waals surface area contributed by atoms with Crippen molar-refractivity contribution in [3.8, 4) is 5.75 Å². The van der Waals surface area contributed by atoms with Crippen LogP contribution in [0.4, 0.5) is 8.78 Å². The zero-order valence-electron chi connectivity index (χ0n) is 10.6. The molecule has 0 aliphatic carbocycles. The summed E-state index contributed by atoms with van der Waals surface area (Å²) in [7, 11) is 0. The van der Waals surface area contributed by atoms with Crippen LogP contribution in [0, 0.1) is 18.6 Å². The van der Waals surface area contributed by atoms with E-state index < -0.39 is 6.04 Å². The lowest BCUT2D eigenvalue weighted by Gasteiger charge is -2.15. The molecule has 0 aromatic heterocycles. The van der Waals surface area contributed by atoms with Crippen molar-refractivity contribution in [3.05, 3.63) is 65.2 Å². The van der Waals surface area contributed by atoms with Crippen molar-refractivity contribution in [2.24, 2.45) is 5.73 Å². The minimum atomic E-state index is -0.594. The van der Waals surface area contributed by atoms with E-state index in [0.29, 0.717) is 11.3 Å². The number of aryl methyl sites for hydroxylation is 1. The van der Waals surface area contributed by atoms with Crippen LogP contribution < -0.4 is 10.5 Å². The Kier molecular flexibility index (Phi) is 4.12. The maximum atomic E-state index is 13.5. The van der Waals surface area contributed by atoms with Gasteiger partial charge in [0.2, 0.25) is 0 Å². The summed E-state index contributed by atoms with van der Waals surface area (Å²) in [6, 6.07) is 9.96. The van der Waals surface area contributed by atoms with Crippen molar-refractivity contribution >= 4 is 0 Å². The quantitative estimate of drug-likeness (QED) is 0.918. The van der Waals surface area contributed by atoms with Crippen molar-refractivity contribution < 1.29 is 13.5 Å². The summed E-state index contributed by atoms with van der Waals surface area (Å²) in [6.07, 6.45) is 0. The lowest BCUT2D eigenvalue weighted by atomic mass is 10.1. The summed E-state index contributed by atoms with van der Waals surface area (Å²) in [6.45, 7) is 1.90. The van der Waals surface area contributed by atoms with Crippen LogP contribution in [-0.4, -0.2) is 6.61 Å². The highest BCUT2D eigenvalue weighted by molar-refractivity contribution is 5.33.